The van der Waals surface area contributed by atoms with Crippen LogP contribution in [-0.4, -0.2) is 22.8 Å². The van der Waals surface area contributed by atoms with Crippen molar-refractivity contribution in [3.8, 4) is 0 Å². The number of amides is 2. The Kier molecular flexibility index (Phi) is 5.02. The van der Waals surface area contributed by atoms with Crippen LogP contribution >= 0.6 is 11.3 Å². The van der Waals surface area contributed by atoms with Gasteiger partial charge >= 0.3 is 0 Å². The van der Waals surface area contributed by atoms with E-state index in [1.54, 1.807) is 29.6 Å². The summed E-state index contributed by atoms with van der Waals surface area (Å²) in [5.74, 6) is -0.382. The first-order valence-corrected chi connectivity index (χ1v) is 8.73. The van der Waals surface area contributed by atoms with E-state index in [1.165, 1.54) is 30.6 Å². The fourth-order valence-corrected chi connectivity index (χ4v) is 3.39. The highest BCUT2D eigenvalue weighted by molar-refractivity contribution is 7.14. The highest BCUT2D eigenvalue weighted by atomic mass is 32.1. The number of rotatable bonds is 4. The van der Waals surface area contributed by atoms with Gasteiger partial charge in [0.15, 0.2) is 5.13 Å². The molecule has 0 unspecified atom stereocenters. The van der Waals surface area contributed by atoms with Crippen LogP contribution in [0.2, 0.25) is 0 Å². The minimum Gasteiger partial charge on any atom is -0.348 e. The van der Waals surface area contributed by atoms with E-state index in [0.29, 0.717) is 16.4 Å². The highest BCUT2D eigenvalue weighted by Gasteiger charge is 2.19. The molecule has 0 bridgehead atoms. The summed E-state index contributed by atoms with van der Waals surface area (Å²) in [5, 5.41) is 7.87. The second-order valence-corrected chi connectivity index (χ2v) is 6.52. The van der Waals surface area contributed by atoms with Crippen molar-refractivity contribution in [2.75, 3.05) is 5.32 Å². The van der Waals surface area contributed by atoms with E-state index in [4.69, 9.17) is 0 Å². The van der Waals surface area contributed by atoms with Gasteiger partial charge in [-0.1, -0.05) is 37.5 Å². The maximum absolute atomic E-state index is 12.2. The molecule has 0 radical (unpaired) electrons. The molecule has 0 saturated heterocycles. The summed E-state index contributed by atoms with van der Waals surface area (Å²) in [6.45, 7) is 0. The largest absolute Gasteiger partial charge is 0.348 e. The number of benzene rings is 1. The SMILES string of the molecule is O=C(Nc1nc(C(=O)NC2CCCCC2)cs1)c1ccccc1. The zero-order valence-electron chi connectivity index (χ0n) is 12.7. The molecule has 1 aromatic heterocycles. The molecule has 120 valence electrons. The Morgan fingerprint density at radius 1 is 1.04 bits per heavy atom. The van der Waals surface area contributed by atoms with Crippen molar-refractivity contribution >= 4 is 28.3 Å². The Morgan fingerprint density at radius 3 is 2.52 bits per heavy atom. The van der Waals surface area contributed by atoms with Gasteiger partial charge < -0.3 is 5.32 Å². The first-order valence-electron chi connectivity index (χ1n) is 7.85. The van der Waals surface area contributed by atoms with Gasteiger partial charge in [0.05, 0.1) is 0 Å². The Balaban J connectivity index is 1.59. The van der Waals surface area contributed by atoms with E-state index in [2.05, 4.69) is 15.6 Å². The van der Waals surface area contributed by atoms with Crippen LogP contribution in [0.25, 0.3) is 0 Å². The number of aromatic nitrogens is 1. The van der Waals surface area contributed by atoms with Crippen molar-refractivity contribution in [3.05, 3.63) is 47.0 Å². The second-order valence-electron chi connectivity index (χ2n) is 5.67. The molecule has 1 saturated carbocycles. The number of carbonyl (C=O) groups is 2. The third kappa shape index (κ3) is 4.16. The van der Waals surface area contributed by atoms with Crippen molar-refractivity contribution in [2.45, 2.75) is 38.1 Å². The first kappa shape index (κ1) is 15.7. The molecule has 2 N–H and O–H groups in total. The Labute approximate surface area is 139 Å². The number of anilines is 1. The van der Waals surface area contributed by atoms with Gasteiger partial charge in [0.1, 0.15) is 5.69 Å². The lowest BCUT2D eigenvalue weighted by atomic mass is 9.95. The van der Waals surface area contributed by atoms with E-state index in [0.717, 1.165) is 12.8 Å². The van der Waals surface area contributed by atoms with Gasteiger partial charge in [-0.05, 0) is 25.0 Å². The molecule has 2 aromatic rings. The molecule has 1 aliphatic rings. The van der Waals surface area contributed by atoms with E-state index >= 15 is 0 Å². The molecular formula is C17H19N3O2S. The molecule has 1 aliphatic carbocycles. The summed E-state index contributed by atoms with van der Waals surface area (Å²) >= 11 is 1.26. The maximum Gasteiger partial charge on any atom is 0.271 e. The van der Waals surface area contributed by atoms with Gasteiger partial charge in [-0.3, -0.25) is 14.9 Å². The summed E-state index contributed by atoms with van der Waals surface area (Å²) in [5.41, 5.74) is 0.930. The lowest BCUT2D eigenvalue weighted by molar-refractivity contribution is 0.0922. The number of hydrogen-bond donors (Lipinski definition) is 2. The summed E-state index contributed by atoms with van der Waals surface area (Å²) in [6, 6.07) is 9.19. The molecule has 0 aliphatic heterocycles. The average Bonchev–Trinajstić information content (AvgIpc) is 3.05. The predicted molar refractivity (Wildman–Crippen MR) is 90.8 cm³/mol. The number of carbonyl (C=O) groups excluding carboxylic acids is 2. The molecular weight excluding hydrogens is 310 g/mol. The molecule has 1 aromatic carbocycles. The van der Waals surface area contributed by atoms with E-state index in [-0.39, 0.29) is 17.9 Å². The van der Waals surface area contributed by atoms with Crippen molar-refractivity contribution in [1.29, 1.82) is 0 Å². The van der Waals surface area contributed by atoms with Crippen LogP contribution in [0.5, 0.6) is 0 Å². The lowest BCUT2D eigenvalue weighted by Crippen LogP contribution is -2.36. The standard InChI is InChI=1S/C17H19N3O2S/c21-15(12-7-3-1-4-8-12)20-17-19-14(11-23-17)16(22)18-13-9-5-2-6-10-13/h1,3-4,7-8,11,13H,2,5-6,9-10H2,(H,18,22)(H,19,20,21). The van der Waals surface area contributed by atoms with Crippen LogP contribution in [0.4, 0.5) is 5.13 Å². The van der Waals surface area contributed by atoms with Crippen LogP contribution in [0.3, 0.4) is 0 Å². The monoisotopic (exact) mass is 329 g/mol. The topological polar surface area (TPSA) is 71.1 Å². The predicted octanol–water partition coefficient (Wildman–Crippen LogP) is 3.46. The molecule has 5 nitrogen and oxygen atoms in total. The third-order valence-corrected chi connectivity index (χ3v) is 4.69. The van der Waals surface area contributed by atoms with Crippen LogP contribution < -0.4 is 10.6 Å². The highest BCUT2D eigenvalue weighted by Crippen LogP contribution is 2.20. The van der Waals surface area contributed by atoms with Gasteiger partial charge in [-0.25, -0.2) is 4.98 Å². The Morgan fingerprint density at radius 2 is 1.78 bits per heavy atom. The molecule has 2 amide bonds. The average molecular weight is 329 g/mol. The van der Waals surface area contributed by atoms with Gasteiger partial charge in [0, 0.05) is 17.0 Å². The van der Waals surface area contributed by atoms with Gasteiger partial charge in [-0.15, -0.1) is 11.3 Å². The molecule has 3 rings (SSSR count). The number of nitrogens with zero attached hydrogens (tertiary/aromatic N) is 1. The lowest BCUT2D eigenvalue weighted by Gasteiger charge is -2.22. The molecule has 0 atom stereocenters. The summed E-state index contributed by atoms with van der Waals surface area (Å²) < 4.78 is 0. The maximum atomic E-state index is 12.2. The minimum atomic E-state index is -0.223. The van der Waals surface area contributed by atoms with Gasteiger partial charge in [0.25, 0.3) is 11.8 Å². The smallest absolute Gasteiger partial charge is 0.271 e. The Hall–Kier alpha value is -2.21. The molecule has 1 heterocycles. The quantitative estimate of drug-likeness (QED) is 0.902. The fourth-order valence-electron chi connectivity index (χ4n) is 2.70. The van der Waals surface area contributed by atoms with Gasteiger partial charge in [0.2, 0.25) is 0 Å². The number of hydrogen-bond acceptors (Lipinski definition) is 4. The van der Waals surface area contributed by atoms with Crippen molar-refractivity contribution < 1.29 is 9.59 Å². The zero-order valence-corrected chi connectivity index (χ0v) is 13.6. The molecule has 23 heavy (non-hydrogen) atoms. The third-order valence-electron chi connectivity index (χ3n) is 3.93. The number of nitrogens with one attached hydrogen (secondary N) is 2. The fraction of sp³-hybridized carbons (Fsp3) is 0.353. The van der Waals surface area contributed by atoms with E-state index < -0.39 is 0 Å². The van der Waals surface area contributed by atoms with E-state index in [9.17, 15) is 9.59 Å². The molecule has 1 fully saturated rings. The zero-order chi connectivity index (χ0) is 16.1. The van der Waals surface area contributed by atoms with Crippen LogP contribution in [0, 0.1) is 0 Å². The second kappa shape index (κ2) is 7.37. The van der Waals surface area contributed by atoms with Crippen molar-refractivity contribution in [1.82, 2.24) is 10.3 Å². The molecule has 6 heteroatoms. The normalized spacial score (nSPS) is 15.1. The minimum absolute atomic E-state index is 0.159. The summed E-state index contributed by atoms with van der Waals surface area (Å²) in [7, 11) is 0. The number of thiazole rings is 1. The summed E-state index contributed by atoms with van der Waals surface area (Å²) in [4.78, 5) is 28.5. The van der Waals surface area contributed by atoms with Gasteiger partial charge in [-0.2, -0.15) is 0 Å². The van der Waals surface area contributed by atoms with Crippen LogP contribution in [0.15, 0.2) is 35.7 Å². The van der Waals surface area contributed by atoms with Crippen molar-refractivity contribution in [3.63, 3.8) is 0 Å². The van der Waals surface area contributed by atoms with Crippen LogP contribution in [0.1, 0.15) is 53.0 Å². The first-order chi connectivity index (χ1) is 11.2. The van der Waals surface area contributed by atoms with Crippen molar-refractivity contribution in [2.24, 2.45) is 0 Å². The Bertz CT molecular complexity index is 678. The summed E-state index contributed by atoms with van der Waals surface area (Å²) in [6.07, 6.45) is 5.65. The molecule has 0 spiro atoms. The van der Waals surface area contributed by atoms with Crippen LogP contribution in [-0.2, 0) is 0 Å². The van der Waals surface area contributed by atoms with E-state index in [1.807, 2.05) is 6.07 Å².